The monoisotopic (exact) mass is 240 g/mol. The lowest BCUT2D eigenvalue weighted by Crippen LogP contribution is -2.19. The molecule has 0 fully saturated rings. The number of hydrogen-bond donors (Lipinski definition) is 0. The maximum absolute atomic E-state index is 10.9. The minimum atomic E-state index is -0.412. The Morgan fingerprint density at radius 1 is 1.38 bits per heavy atom. The minimum absolute atomic E-state index is 0.412. The molecule has 1 rings (SSSR count). The zero-order valence-corrected chi connectivity index (χ0v) is 9.68. The molecule has 0 saturated heterocycles. The molecule has 0 atom stereocenters. The Morgan fingerprint density at radius 2 is 2.00 bits per heavy atom. The lowest BCUT2D eigenvalue weighted by molar-refractivity contribution is -0.111. The molecule has 1 aromatic rings. The normalized spacial score (nSPS) is 11.4. The molecule has 13 heavy (non-hydrogen) atoms. The molecule has 0 saturated carbocycles. The fraction of sp³-hybridized carbons (Fsp3) is 0.364. The fourth-order valence-electron chi connectivity index (χ4n) is 1.20. The second-order valence-corrected chi connectivity index (χ2v) is 4.68. The quantitative estimate of drug-likeness (QED) is 0.726. The van der Waals surface area contributed by atoms with Gasteiger partial charge in [0.15, 0.2) is 0 Å². The van der Waals surface area contributed by atoms with Gasteiger partial charge in [-0.3, -0.25) is 0 Å². The van der Waals surface area contributed by atoms with Crippen molar-refractivity contribution in [1.29, 1.82) is 0 Å². The van der Waals surface area contributed by atoms with Crippen LogP contribution in [0.4, 0.5) is 0 Å². The van der Waals surface area contributed by atoms with Gasteiger partial charge in [-0.1, -0.05) is 33.6 Å². The molecule has 0 spiro atoms. The molecule has 0 amide bonds. The molecule has 0 aliphatic rings. The van der Waals surface area contributed by atoms with E-state index in [1.54, 1.807) is 0 Å². The van der Waals surface area contributed by atoms with Crippen LogP contribution in [0.5, 0.6) is 0 Å². The van der Waals surface area contributed by atoms with Gasteiger partial charge in [-0.2, -0.15) is 0 Å². The molecule has 1 aromatic carbocycles. The van der Waals surface area contributed by atoms with E-state index >= 15 is 0 Å². The van der Waals surface area contributed by atoms with E-state index in [0.29, 0.717) is 0 Å². The number of benzene rings is 1. The van der Waals surface area contributed by atoms with Gasteiger partial charge in [-0.05, 0) is 32.4 Å². The average Bonchev–Trinajstić information content (AvgIpc) is 2.09. The van der Waals surface area contributed by atoms with Crippen LogP contribution in [-0.2, 0) is 10.2 Å². The maximum Gasteiger partial charge on any atom is 0.130 e. The SMILES string of the molecule is Cc1ccc(Br)c(C(C)(C)C=O)c1. The molecule has 0 aromatic heterocycles. The van der Waals surface area contributed by atoms with Crippen molar-refractivity contribution in [3.05, 3.63) is 33.8 Å². The third-order valence-electron chi connectivity index (χ3n) is 2.11. The maximum atomic E-state index is 10.9. The molecule has 0 N–H and O–H groups in total. The van der Waals surface area contributed by atoms with Gasteiger partial charge in [0.05, 0.1) is 0 Å². The van der Waals surface area contributed by atoms with E-state index in [2.05, 4.69) is 15.9 Å². The second-order valence-electron chi connectivity index (χ2n) is 3.82. The molecule has 0 heterocycles. The first-order chi connectivity index (χ1) is 5.97. The topological polar surface area (TPSA) is 17.1 Å². The summed E-state index contributed by atoms with van der Waals surface area (Å²) in [4.78, 5) is 10.9. The van der Waals surface area contributed by atoms with Crippen LogP contribution in [-0.4, -0.2) is 6.29 Å². The van der Waals surface area contributed by atoms with Gasteiger partial charge in [0.1, 0.15) is 6.29 Å². The first-order valence-electron chi connectivity index (χ1n) is 4.20. The first kappa shape index (κ1) is 10.5. The molecular weight excluding hydrogens is 228 g/mol. The predicted octanol–water partition coefficient (Wildman–Crippen LogP) is 3.23. The number of carbonyl (C=O) groups is 1. The van der Waals surface area contributed by atoms with Gasteiger partial charge in [-0.15, -0.1) is 0 Å². The highest BCUT2D eigenvalue weighted by atomic mass is 79.9. The third-order valence-corrected chi connectivity index (χ3v) is 2.80. The lowest BCUT2D eigenvalue weighted by Gasteiger charge is -2.19. The van der Waals surface area contributed by atoms with Crippen LogP contribution in [0, 0.1) is 6.92 Å². The summed E-state index contributed by atoms with van der Waals surface area (Å²) in [5, 5.41) is 0. The fourth-order valence-corrected chi connectivity index (χ4v) is 1.95. The summed E-state index contributed by atoms with van der Waals surface area (Å²) in [6.45, 7) is 5.86. The number of halogens is 1. The molecule has 0 radical (unpaired) electrons. The smallest absolute Gasteiger partial charge is 0.130 e. The molecule has 0 aliphatic heterocycles. The highest BCUT2D eigenvalue weighted by molar-refractivity contribution is 9.10. The van der Waals surface area contributed by atoms with Crippen molar-refractivity contribution < 1.29 is 4.79 Å². The van der Waals surface area contributed by atoms with Crippen LogP contribution in [0.15, 0.2) is 22.7 Å². The summed E-state index contributed by atoms with van der Waals surface area (Å²) < 4.78 is 0.996. The van der Waals surface area contributed by atoms with Crippen molar-refractivity contribution in [2.75, 3.05) is 0 Å². The Bertz CT molecular complexity index is 329. The predicted molar refractivity (Wildman–Crippen MR) is 58.0 cm³/mol. The number of rotatable bonds is 2. The van der Waals surface area contributed by atoms with Gasteiger partial charge in [0.2, 0.25) is 0 Å². The highest BCUT2D eigenvalue weighted by Gasteiger charge is 2.21. The summed E-state index contributed by atoms with van der Waals surface area (Å²) in [5.74, 6) is 0. The Labute approximate surface area is 87.3 Å². The molecule has 0 aliphatic carbocycles. The number of aldehydes is 1. The van der Waals surface area contributed by atoms with E-state index in [9.17, 15) is 4.79 Å². The van der Waals surface area contributed by atoms with E-state index in [4.69, 9.17) is 0 Å². The van der Waals surface area contributed by atoms with Gasteiger partial charge in [0.25, 0.3) is 0 Å². The molecule has 2 heteroatoms. The van der Waals surface area contributed by atoms with E-state index in [1.165, 1.54) is 5.56 Å². The zero-order chi connectivity index (χ0) is 10.1. The Kier molecular flexibility index (Phi) is 2.91. The van der Waals surface area contributed by atoms with E-state index < -0.39 is 5.41 Å². The van der Waals surface area contributed by atoms with Crippen molar-refractivity contribution in [1.82, 2.24) is 0 Å². The summed E-state index contributed by atoms with van der Waals surface area (Å²) in [5.41, 5.74) is 1.81. The van der Waals surface area contributed by atoms with Gasteiger partial charge in [0, 0.05) is 9.89 Å². The van der Waals surface area contributed by atoms with Crippen LogP contribution in [0.1, 0.15) is 25.0 Å². The van der Waals surface area contributed by atoms with Crippen molar-refractivity contribution in [2.45, 2.75) is 26.2 Å². The summed E-state index contributed by atoms with van der Waals surface area (Å²) in [6.07, 6.45) is 0.979. The van der Waals surface area contributed by atoms with Crippen LogP contribution < -0.4 is 0 Å². The van der Waals surface area contributed by atoms with Gasteiger partial charge in [-0.25, -0.2) is 0 Å². The van der Waals surface area contributed by atoms with Crippen LogP contribution >= 0.6 is 15.9 Å². The highest BCUT2D eigenvalue weighted by Crippen LogP contribution is 2.29. The summed E-state index contributed by atoms with van der Waals surface area (Å²) in [7, 11) is 0. The van der Waals surface area contributed by atoms with Crippen molar-refractivity contribution in [2.24, 2.45) is 0 Å². The number of aryl methyl sites for hydroxylation is 1. The molecule has 0 bridgehead atoms. The zero-order valence-electron chi connectivity index (χ0n) is 8.10. The molecular formula is C11H13BrO. The number of hydrogen-bond acceptors (Lipinski definition) is 1. The van der Waals surface area contributed by atoms with E-state index in [-0.39, 0.29) is 0 Å². The molecule has 70 valence electrons. The summed E-state index contributed by atoms with van der Waals surface area (Å²) in [6, 6.07) is 6.04. The van der Waals surface area contributed by atoms with Crippen molar-refractivity contribution in [3.8, 4) is 0 Å². The van der Waals surface area contributed by atoms with Gasteiger partial charge >= 0.3 is 0 Å². The van der Waals surface area contributed by atoms with Crippen molar-refractivity contribution in [3.63, 3.8) is 0 Å². The van der Waals surface area contributed by atoms with Crippen LogP contribution in [0.2, 0.25) is 0 Å². The molecule has 1 nitrogen and oxygen atoms in total. The lowest BCUT2D eigenvalue weighted by atomic mass is 9.86. The minimum Gasteiger partial charge on any atom is -0.302 e. The third kappa shape index (κ3) is 2.19. The van der Waals surface area contributed by atoms with Crippen LogP contribution in [0.25, 0.3) is 0 Å². The number of carbonyl (C=O) groups excluding carboxylic acids is 1. The van der Waals surface area contributed by atoms with Crippen LogP contribution in [0.3, 0.4) is 0 Å². The van der Waals surface area contributed by atoms with E-state index in [0.717, 1.165) is 16.3 Å². The Morgan fingerprint density at radius 3 is 2.54 bits per heavy atom. The molecule has 0 unspecified atom stereocenters. The second kappa shape index (κ2) is 3.62. The van der Waals surface area contributed by atoms with Gasteiger partial charge < -0.3 is 4.79 Å². The standard InChI is InChI=1S/C11H13BrO/c1-8-4-5-10(12)9(6-8)11(2,3)7-13/h4-7H,1-3H3. The van der Waals surface area contributed by atoms with E-state index in [1.807, 2.05) is 39.0 Å². The Balaban J connectivity index is 3.28. The Hall–Kier alpha value is -0.630. The first-order valence-corrected chi connectivity index (χ1v) is 4.99. The summed E-state index contributed by atoms with van der Waals surface area (Å²) >= 11 is 3.45. The average molecular weight is 241 g/mol. The van der Waals surface area contributed by atoms with Crippen molar-refractivity contribution >= 4 is 22.2 Å². The largest absolute Gasteiger partial charge is 0.302 e.